The lowest BCUT2D eigenvalue weighted by Crippen LogP contribution is -1.97. The van der Waals surface area contributed by atoms with Crippen molar-refractivity contribution < 1.29 is 0 Å². The molecule has 56 heavy (non-hydrogen) atoms. The minimum absolute atomic E-state index is 0.415. The maximum Gasteiger partial charge on any atom is 0.0998 e. The van der Waals surface area contributed by atoms with Gasteiger partial charge in [-0.2, -0.15) is 21.0 Å². The zero-order valence-corrected chi connectivity index (χ0v) is 29.6. The second-order valence-electron chi connectivity index (χ2n) is 14.4. The van der Waals surface area contributed by atoms with E-state index in [2.05, 4.69) is 121 Å². The lowest BCUT2D eigenvalue weighted by atomic mass is 9.80. The van der Waals surface area contributed by atoms with Crippen LogP contribution in [0.1, 0.15) is 22.3 Å². The van der Waals surface area contributed by atoms with Crippen molar-refractivity contribution in [2.75, 3.05) is 0 Å². The summed E-state index contributed by atoms with van der Waals surface area (Å²) in [7, 11) is 0. The van der Waals surface area contributed by atoms with Crippen molar-refractivity contribution in [3.05, 3.63) is 168 Å². The van der Waals surface area contributed by atoms with E-state index in [-0.39, 0.29) is 0 Å². The van der Waals surface area contributed by atoms with E-state index in [1.165, 1.54) is 33.0 Å². The summed E-state index contributed by atoms with van der Waals surface area (Å²) in [4.78, 5) is 0. The molecular weight excluding hydrogens is 681 g/mol. The van der Waals surface area contributed by atoms with Gasteiger partial charge in [0.2, 0.25) is 0 Å². The van der Waals surface area contributed by atoms with Gasteiger partial charge in [0.25, 0.3) is 0 Å². The second-order valence-corrected chi connectivity index (χ2v) is 14.4. The molecule has 0 unspecified atom stereocenters. The lowest BCUT2D eigenvalue weighted by molar-refractivity contribution is 1.44. The van der Waals surface area contributed by atoms with Crippen LogP contribution in [0.4, 0.5) is 0 Å². The predicted octanol–water partition coefficient (Wildman–Crippen LogP) is 12.9. The molecule has 0 saturated carbocycles. The summed E-state index contributed by atoms with van der Waals surface area (Å²) in [6.07, 6.45) is 0. The predicted molar refractivity (Wildman–Crippen MR) is 223 cm³/mol. The number of nitriles is 4. The first-order chi connectivity index (χ1) is 27.6. The highest BCUT2D eigenvalue weighted by atomic mass is 14.4. The Morgan fingerprint density at radius 1 is 0.304 bits per heavy atom. The van der Waals surface area contributed by atoms with Gasteiger partial charge in [0.15, 0.2) is 0 Å². The van der Waals surface area contributed by atoms with Gasteiger partial charge in [-0.05, 0) is 129 Å². The SMILES string of the molecule is N#Cc1ccc(-c2c3c(c(-c4ccc(C#N)cc4C#N)c4ccccc24)-c2ccc(-c4ccc5c(c4)-c4cccc6cccc-5c46)c4cccc-3c24)c(C#N)c1. The fourth-order valence-corrected chi connectivity index (χ4v) is 9.42. The average molecular weight is 705 g/mol. The molecule has 0 heterocycles. The molecule has 2 aliphatic rings. The Bertz CT molecular complexity index is 3340. The van der Waals surface area contributed by atoms with Crippen molar-refractivity contribution in [1.82, 2.24) is 0 Å². The third-order valence-electron chi connectivity index (χ3n) is 11.7. The summed E-state index contributed by atoms with van der Waals surface area (Å²) in [6, 6.07) is 58.7. The largest absolute Gasteiger partial charge is 0.192 e. The Kier molecular flexibility index (Phi) is 6.48. The van der Waals surface area contributed by atoms with Gasteiger partial charge in [-0.15, -0.1) is 0 Å². The minimum Gasteiger partial charge on any atom is -0.192 e. The van der Waals surface area contributed by atoms with Gasteiger partial charge < -0.3 is 0 Å². The van der Waals surface area contributed by atoms with E-state index in [0.717, 1.165) is 77.2 Å². The fraction of sp³-hybridized carbons (Fsp3) is 0. The maximum absolute atomic E-state index is 10.5. The van der Waals surface area contributed by atoms with Gasteiger partial charge in [0.05, 0.1) is 46.5 Å². The third-order valence-corrected chi connectivity index (χ3v) is 11.7. The van der Waals surface area contributed by atoms with E-state index in [1.54, 1.807) is 24.3 Å². The van der Waals surface area contributed by atoms with Crippen LogP contribution in [0.25, 0.3) is 110 Å². The smallest absolute Gasteiger partial charge is 0.0998 e. The van der Waals surface area contributed by atoms with Crippen molar-refractivity contribution in [2.45, 2.75) is 0 Å². The topological polar surface area (TPSA) is 95.2 Å². The summed E-state index contributed by atoms with van der Waals surface area (Å²) < 4.78 is 0. The summed E-state index contributed by atoms with van der Waals surface area (Å²) in [6.45, 7) is 0. The van der Waals surface area contributed by atoms with Crippen LogP contribution in [-0.4, -0.2) is 0 Å². The molecule has 11 rings (SSSR count). The molecule has 0 bridgehead atoms. The molecule has 0 N–H and O–H groups in total. The average Bonchev–Trinajstić information content (AvgIpc) is 3.76. The standard InChI is InChI=1S/C52H24N4/c53-25-29-14-17-36(33(22-29)27-55)49-41-8-1-2-9-42(41)50(37-18-15-30(26-54)23-34(37)28-56)52-45-21-20-35(39-12-5-13-44(48(39)45)51(49)52)32-16-19-38-40-10-3-6-31-7-4-11-43(47(31)40)46(38)24-32/h1-24H. The molecule has 4 heteroatoms. The Morgan fingerprint density at radius 3 is 1.41 bits per heavy atom. The molecule has 9 aromatic carbocycles. The van der Waals surface area contributed by atoms with E-state index in [0.29, 0.717) is 22.3 Å². The summed E-state index contributed by atoms with van der Waals surface area (Å²) in [5.41, 5.74) is 16.2. The molecule has 0 fully saturated rings. The third kappa shape index (κ3) is 4.13. The Hall–Kier alpha value is -8.28. The molecule has 9 aromatic rings. The van der Waals surface area contributed by atoms with Crippen molar-refractivity contribution in [2.24, 2.45) is 0 Å². The van der Waals surface area contributed by atoms with Crippen LogP contribution in [0.3, 0.4) is 0 Å². The zero-order valence-electron chi connectivity index (χ0n) is 29.6. The van der Waals surface area contributed by atoms with Crippen LogP contribution in [0.5, 0.6) is 0 Å². The summed E-state index contributed by atoms with van der Waals surface area (Å²) in [5.74, 6) is 0. The van der Waals surface area contributed by atoms with Gasteiger partial charge in [0, 0.05) is 11.1 Å². The molecule has 0 atom stereocenters. The molecule has 0 aliphatic heterocycles. The van der Waals surface area contributed by atoms with Crippen molar-refractivity contribution >= 4 is 32.3 Å². The molecule has 0 spiro atoms. The van der Waals surface area contributed by atoms with Crippen LogP contribution in [0, 0.1) is 45.3 Å². The normalized spacial score (nSPS) is 11.5. The highest BCUT2D eigenvalue weighted by Crippen LogP contribution is 2.59. The highest BCUT2D eigenvalue weighted by molar-refractivity contribution is 6.29. The number of benzene rings is 9. The first-order valence-electron chi connectivity index (χ1n) is 18.3. The minimum atomic E-state index is 0.415. The summed E-state index contributed by atoms with van der Waals surface area (Å²) in [5, 5.41) is 47.1. The summed E-state index contributed by atoms with van der Waals surface area (Å²) >= 11 is 0. The zero-order chi connectivity index (χ0) is 37.7. The van der Waals surface area contributed by atoms with E-state index in [4.69, 9.17) is 0 Å². The van der Waals surface area contributed by atoms with Crippen molar-refractivity contribution in [1.29, 1.82) is 21.0 Å². The van der Waals surface area contributed by atoms with Crippen LogP contribution < -0.4 is 0 Å². The molecular formula is C52H24N4. The van der Waals surface area contributed by atoms with E-state index in [1.807, 2.05) is 24.3 Å². The first kappa shape index (κ1) is 31.3. The lowest BCUT2D eigenvalue weighted by Gasteiger charge is -2.21. The van der Waals surface area contributed by atoms with Gasteiger partial charge in [-0.25, -0.2) is 0 Å². The highest BCUT2D eigenvalue weighted by Gasteiger charge is 2.33. The molecule has 2 aliphatic carbocycles. The van der Waals surface area contributed by atoms with Crippen molar-refractivity contribution in [3.8, 4) is 102 Å². The molecule has 0 saturated heterocycles. The van der Waals surface area contributed by atoms with Crippen LogP contribution in [-0.2, 0) is 0 Å². The molecule has 252 valence electrons. The number of rotatable bonds is 3. The Balaban J connectivity index is 1.25. The molecule has 0 aromatic heterocycles. The Labute approximate surface area is 322 Å². The fourth-order valence-electron chi connectivity index (χ4n) is 9.42. The number of hydrogen-bond acceptors (Lipinski definition) is 4. The molecule has 0 amide bonds. The van der Waals surface area contributed by atoms with E-state index >= 15 is 0 Å². The van der Waals surface area contributed by atoms with Gasteiger partial charge in [-0.3, -0.25) is 0 Å². The number of fused-ring (bicyclic) bond motifs is 7. The van der Waals surface area contributed by atoms with Gasteiger partial charge >= 0.3 is 0 Å². The number of nitrogens with zero attached hydrogens (tertiary/aromatic N) is 4. The van der Waals surface area contributed by atoms with Crippen LogP contribution >= 0.6 is 0 Å². The number of hydrogen-bond donors (Lipinski definition) is 0. The maximum atomic E-state index is 10.5. The Morgan fingerprint density at radius 2 is 0.804 bits per heavy atom. The monoisotopic (exact) mass is 704 g/mol. The van der Waals surface area contributed by atoms with Gasteiger partial charge in [0.1, 0.15) is 0 Å². The van der Waals surface area contributed by atoms with E-state index < -0.39 is 0 Å². The second kappa shape index (κ2) is 11.6. The molecule has 0 radical (unpaired) electrons. The van der Waals surface area contributed by atoms with Crippen molar-refractivity contribution in [3.63, 3.8) is 0 Å². The van der Waals surface area contributed by atoms with E-state index in [9.17, 15) is 21.0 Å². The van der Waals surface area contributed by atoms with Crippen LogP contribution in [0.15, 0.2) is 146 Å². The molecule has 4 nitrogen and oxygen atoms in total. The van der Waals surface area contributed by atoms with Gasteiger partial charge in [-0.1, -0.05) is 115 Å². The van der Waals surface area contributed by atoms with Crippen LogP contribution in [0.2, 0.25) is 0 Å². The quantitative estimate of drug-likeness (QED) is 0.183. The first-order valence-corrected chi connectivity index (χ1v) is 18.3.